The van der Waals surface area contributed by atoms with E-state index in [1.165, 1.54) is 42.8 Å². The second-order valence-corrected chi connectivity index (χ2v) is 21.1. The van der Waals surface area contributed by atoms with Crippen LogP contribution >= 0.6 is 0 Å². The summed E-state index contributed by atoms with van der Waals surface area (Å²) in [6.45, 7) is 35.7. The molecule has 462 valence electrons. The molecule has 0 aliphatic carbocycles. The third-order valence-electron chi connectivity index (χ3n) is 12.4. The Bertz CT molecular complexity index is 2820. The lowest BCUT2D eigenvalue weighted by molar-refractivity contribution is -0.138. The van der Waals surface area contributed by atoms with Crippen molar-refractivity contribution in [2.24, 2.45) is 23.7 Å². The first-order valence-electron chi connectivity index (χ1n) is 26.0. The van der Waals surface area contributed by atoms with Gasteiger partial charge in [-0.05, 0) is 117 Å². The van der Waals surface area contributed by atoms with Crippen molar-refractivity contribution >= 4 is 0 Å². The van der Waals surface area contributed by atoms with Crippen LogP contribution in [0.15, 0.2) is 179 Å². The molecule has 4 heterocycles. The quantitative estimate of drug-likeness (QED) is 0.245. The Morgan fingerprint density at radius 2 is 0.759 bits per heavy atom. The van der Waals surface area contributed by atoms with Crippen LogP contribution in [-0.2, 0) is 6.18 Å². The Morgan fingerprint density at radius 1 is 0.386 bits per heavy atom. The molecule has 0 bridgehead atoms. The second kappa shape index (κ2) is 31.8. The molecular formula is C62H75F17N4. The van der Waals surface area contributed by atoms with Gasteiger partial charge in [-0.15, -0.1) is 0 Å². The zero-order valence-corrected chi connectivity index (χ0v) is 48.9. The smallest absolute Gasteiger partial charge is 0.362 e. The van der Waals surface area contributed by atoms with Crippen molar-refractivity contribution in [3.8, 4) is 0 Å². The van der Waals surface area contributed by atoms with Crippen LogP contribution in [0.25, 0.3) is 0 Å². The van der Waals surface area contributed by atoms with E-state index in [4.69, 9.17) is 0 Å². The van der Waals surface area contributed by atoms with E-state index in [1.807, 2.05) is 34.7 Å². The number of allylic oxidation sites excluding steroid dienone is 12. The van der Waals surface area contributed by atoms with E-state index < -0.39 is 66.1 Å². The van der Waals surface area contributed by atoms with Crippen molar-refractivity contribution in [1.82, 2.24) is 20.4 Å². The lowest BCUT2D eigenvalue weighted by Crippen LogP contribution is -2.24. The highest BCUT2D eigenvalue weighted by Gasteiger charge is 2.39. The molecule has 0 fully saturated rings. The number of nitrogens with one attached hydrogen (secondary N) is 2. The number of likely N-dealkylation sites (N-methyl/N-ethyl adjacent to an activating group) is 2. The molecule has 6 rings (SSSR count). The summed E-state index contributed by atoms with van der Waals surface area (Å²) in [5.41, 5.74) is 2.20. The number of dihydropyridines is 2. The van der Waals surface area contributed by atoms with Gasteiger partial charge < -0.3 is 20.4 Å². The third kappa shape index (κ3) is 23.5. The van der Waals surface area contributed by atoms with Gasteiger partial charge in [0, 0.05) is 78.4 Å². The van der Waals surface area contributed by atoms with Crippen LogP contribution in [0.5, 0.6) is 0 Å². The molecule has 0 spiro atoms. The van der Waals surface area contributed by atoms with E-state index in [2.05, 4.69) is 36.9 Å². The van der Waals surface area contributed by atoms with Crippen LogP contribution in [0.4, 0.5) is 74.6 Å². The highest BCUT2D eigenvalue weighted by Crippen LogP contribution is 2.40. The molecule has 2 N–H and O–H groups in total. The number of alkyl halides is 15. The monoisotopic (exact) mass is 1200 g/mol. The zero-order chi connectivity index (χ0) is 64.6. The maximum Gasteiger partial charge on any atom is 0.416 e. The minimum absolute atomic E-state index is 0.00963. The molecule has 83 heavy (non-hydrogen) atoms. The average Bonchev–Trinajstić information content (AvgIpc) is 3.55. The molecule has 0 saturated carbocycles. The molecule has 0 unspecified atom stereocenters. The van der Waals surface area contributed by atoms with E-state index in [1.54, 1.807) is 84.6 Å². The number of nitrogens with zero attached hydrogens (tertiary/aromatic N) is 2. The first-order chi connectivity index (χ1) is 37.8. The lowest BCUT2D eigenvalue weighted by Gasteiger charge is -2.28. The number of rotatable bonds is 9. The Labute approximate surface area is 477 Å². The Balaban J connectivity index is 0.000000498. The van der Waals surface area contributed by atoms with E-state index in [9.17, 15) is 74.6 Å². The summed E-state index contributed by atoms with van der Waals surface area (Å²) >= 11 is 0. The maximum absolute atomic E-state index is 12.7. The van der Waals surface area contributed by atoms with E-state index >= 15 is 0 Å². The van der Waals surface area contributed by atoms with E-state index in [0.29, 0.717) is 45.4 Å². The van der Waals surface area contributed by atoms with Crippen LogP contribution in [-0.4, -0.2) is 49.1 Å². The fraction of sp³-hybridized carbons (Fsp3) is 0.419. The Hall–Kier alpha value is -6.67. The molecule has 2 aromatic rings. The number of hydrogen-bond donors (Lipinski definition) is 2. The summed E-state index contributed by atoms with van der Waals surface area (Å²) in [4.78, 5) is 3.37. The van der Waals surface area contributed by atoms with Gasteiger partial charge in [0.1, 0.15) is 11.6 Å². The van der Waals surface area contributed by atoms with Gasteiger partial charge in [-0.1, -0.05) is 122 Å². The van der Waals surface area contributed by atoms with Crippen molar-refractivity contribution in [3.05, 3.63) is 213 Å². The molecule has 4 nitrogen and oxygen atoms in total. The highest BCUT2D eigenvalue weighted by molar-refractivity contribution is 5.47. The minimum atomic E-state index is -4.48. The van der Waals surface area contributed by atoms with Crippen molar-refractivity contribution in [3.63, 3.8) is 0 Å². The number of hydrogen-bond acceptors (Lipinski definition) is 4. The molecular weight excluding hydrogens is 1120 g/mol. The average molecular weight is 1200 g/mol. The van der Waals surface area contributed by atoms with E-state index in [0.717, 1.165) is 24.3 Å². The summed E-state index contributed by atoms with van der Waals surface area (Å²) in [7, 11) is 3.50. The zero-order valence-electron chi connectivity index (χ0n) is 48.9. The maximum atomic E-state index is 12.7. The summed E-state index contributed by atoms with van der Waals surface area (Å²) in [6, 6.07) is 6.30. The van der Waals surface area contributed by atoms with Crippen molar-refractivity contribution < 1.29 is 74.6 Å². The van der Waals surface area contributed by atoms with Crippen LogP contribution in [0.1, 0.15) is 124 Å². The Kier molecular flexibility index (Phi) is 28.5. The van der Waals surface area contributed by atoms with Crippen LogP contribution < -0.4 is 10.6 Å². The molecule has 0 saturated heterocycles. The molecule has 0 radical (unpaired) electrons. The van der Waals surface area contributed by atoms with E-state index in [-0.39, 0.29) is 69.1 Å². The Morgan fingerprint density at radius 3 is 1.16 bits per heavy atom. The SMILES string of the molecule is C=C1C=C(C(F)(F)F)C(C(C)C)=CN1.C=C1C=C(C(F)(F)F)C(C(C)C)=CN1C.C=C1C=C(C(F)F)C(C(C)C)=CN1.C=C1C=C(C(F)F)C(C(C)C)=CN1C.CC(C)c1ccc(F)cc1C(F)(F)F.CC(C)c1ccc(F)cc1C(F)F. The predicted octanol–water partition coefficient (Wildman–Crippen LogP) is 20.5. The van der Waals surface area contributed by atoms with Crippen molar-refractivity contribution in [2.75, 3.05) is 14.1 Å². The van der Waals surface area contributed by atoms with Gasteiger partial charge in [0.05, 0.1) is 16.7 Å². The highest BCUT2D eigenvalue weighted by atomic mass is 19.4. The number of halogens is 17. The summed E-state index contributed by atoms with van der Waals surface area (Å²) < 4.78 is 213. The van der Waals surface area contributed by atoms with Gasteiger partial charge in [-0.25, -0.2) is 35.1 Å². The van der Waals surface area contributed by atoms with Gasteiger partial charge in [-0.3, -0.25) is 0 Å². The molecule has 4 aliphatic heterocycles. The van der Waals surface area contributed by atoms with Gasteiger partial charge >= 0.3 is 18.5 Å². The fourth-order valence-electron chi connectivity index (χ4n) is 7.88. The van der Waals surface area contributed by atoms with Crippen LogP contribution in [0.2, 0.25) is 0 Å². The summed E-state index contributed by atoms with van der Waals surface area (Å²) in [6.07, 6.45) is -9.35. The predicted molar refractivity (Wildman–Crippen MR) is 297 cm³/mol. The number of benzene rings is 2. The molecule has 4 aliphatic rings. The minimum Gasteiger partial charge on any atom is -0.362 e. The van der Waals surface area contributed by atoms with Gasteiger partial charge in [-0.2, -0.15) is 39.5 Å². The first kappa shape index (κ1) is 74.3. The molecule has 0 aromatic heterocycles. The topological polar surface area (TPSA) is 30.5 Å². The lowest BCUT2D eigenvalue weighted by atomic mass is 9.92. The fourth-order valence-corrected chi connectivity index (χ4v) is 7.88. The normalized spacial score (nSPS) is 15.8. The second-order valence-electron chi connectivity index (χ2n) is 21.1. The largest absolute Gasteiger partial charge is 0.416 e. The molecule has 2 aromatic carbocycles. The summed E-state index contributed by atoms with van der Waals surface area (Å²) in [5.74, 6) is -1.87. The van der Waals surface area contributed by atoms with Crippen LogP contribution in [0, 0.1) is 35.3 Å². The molecule has 0 amide bonds. The van der Waals surface area contributed by atoms with Crippen molar-refractivity contribution in [2.45, 2.75) is 133 Å². The molecule has 0 atom stereocenters. The third-order valence-corrected chi connectivity index (χ3v) is 12.4. The standard InChI is InChI=1S/C11H14F3N.C11H15F2N.C10H10F4.C10H12F3N.C10H11F3.C10H13F2N/c1-7(2)9-6-15(4)8(3)5-10(9)11(12,13)14;1-7(2)10-6-14(4)8(3)5-9(10)11(12)13;1-6(2)8-4-3-7(11)5-9(8)10(12,13)14;1-6(2)8-5-14-7(3)4-9(8)10(11,12)13;1-6(2)8-4-3-7(11)5-9(8)10(12)13;1-6(2)9-5-13-7(3)4-8(9)10(11)12/h5-7H,3H2,1-2,4H3;5-7,11H,3H2,1-2,4H3;3-6H,1-2H3;4-6,14H,3H2,1-2H3;3-6,10H,1-2H3;4-6,10,13H,3H2,1-2H3. The van der Waals surface area contributed by atoms with Crippen molar-refractivity contribution in [1.29, 1.82) is 0 Å². The van der Waals surface area contributed by atoms with Gasteiger partial charge in [0.15, 0.2) is 0 Å². The molecule has 21 heteroatoms. The van der Waals surface area contributed by atoms with Gasteiger partial charge in [0.25, 0.3) is 19.3 Å². The first-order valence-corrected chi connectivity index (χ1v) is 26.0. The van der Waals surface area contributed by atoms with Crippen LogP contribution in [0.3, 0.4) is 0 Å². The van der Waals surface area contributed by atoms with Gasteiger partial charge in [0.2, 0.25) is 0 Å². The summed E-state index contributed by atoms with van der Waals surface area (Å²) in [5, 5.41) is 5.51.